The minimum absolute atomic E-state index is 0.0541. The molecule has 2 aromatic rings. The lowest BCUT2D eigenvalue weighted by Crippen LogP contribution is -2.05. The van der Waals surface area contributed by atoms with Gasteiger partial charge in [0.2, 0.25) is 0 Å². The standard InChI is InChI=1S/C15H10Br2O4/c16-7-8-1-3-10(12(5-8)14(18)19)11-4-2-9(17)6-13(11)15(20)21/h1-6H,7H2,(H,18,19)(H,20,21). The summed E-state index contributed by atoms with van der Waals surface area (Å²) in [5.74, 6) is -2.20. The van der Waals surface area contributed by atoms with Gasteiger partial charge in [0.1, 0.15) is 0 Å². The van der Waals surface area contributed by atoms with E-state index in [1.807, 2.05) is 0 Å². The van der Waals surface area contributed by atoms with Gasteiger partial charge >= 0.3 is 11.9 Å². The van der Waals surface area contributed by atoms with Crippen LogP contribution >= 0.6 is 31.9 Å². The highest BCUT2D eigenvalue weighted by Crippen LogP contribution is 2.30. The van der Waals surface area contributed by atoms with Gasteiger partial charge in [0, 0.05) is 9.80 Å². The van der Waals surface area contributed by atoms with Gasteiger partial charge in [-0.1, -0.05) is 50.1 Å². The number of rotatable bonds is 4. The van der Waals surface area contributed by atoms with Crippen LogP contribution in [-0.2, 0) is 5.33 Å². The van der Waals surface area contributed by atoms with Crippen LogP contribution in [0.4, 0.5) is 0 Å². The Bertz CT molecular complexity index is 726. The van der Waals surface area contributed by atoms with Gasteiger partial charge < -0.3 is 10.2 Å². The minimum Gasteiger partial charge on any atom is -0.478 e. The first-order valence-corrected chi connectivity index (χ1v) is 7.81. The normalized spacial score (nSPS) is 10.4. The summed E-state index contributed by atoms with van der Waals surface area (Å²) in [6.45, 7) is 0. The number of carbonyl (C=O) groups is 2. The van der Waals surface area contributed by atoms with Crippen molar-refractivity contribution in [2.45, 2.75) is 5.33 Å². The van der Waals surface area contributed by atoms with Crippen molar-refractivity contribution in [2.24, 2.45) is 0 Å². The molecular formula is C15H10Br2O4. The van der Waals surface area contributed by atoms with Crippen molar-refractivity contribution in [1.82, 2.24) is 0 Å². The fourth-order valence-corrected chi connectivity index (χ4v) is 2.72. The Morgan fingerprint density at radius 2 is 1.43 bits per heavy atom. The summed E-state index contributed by atoms with van der Waals surface area (Å²) in [5.41, 5.74) is 1.71. The number of benzene rings is 2. The van der Waals surface area contributed by atoms with Gasteiger partial charge in [-0.2, -0.15) is 0 Å². The molecule has 4 nitrogen and oxygen atoms in total. The van der Waals surface area contributed by atoms with Crippen LogP contribution in [0.5, 0.6) is 0 Å². The Hall–Kier alpha value is -1.66. The molecule has 0 unspecified atom stereocenters. The summed E-state index contributed by atoms with van der Waals surface area (Å²) in [6, 6.07) is 9.69. The first-order chi connectivity index (χ1) is 9.93. The molecule has 108 valence electrons. The molecule has 0 atom stereocenters. The van der Waals surface area contributed by atoms with Crippen LogP contribution < -0.4 is 0 Å². The van der Waals surface area contributed by atoms with Gasteiger partial charge in [-0.15, -0.1) is 0 Å². The van der Waals surface area contributed by atoms with Crippen molar-refractivity contribution in [2.75, 3.05) is 0 Å². The van der Waals surface area contributed by atoms with E-state index in [2.05, 4.69) is 31.9 Å². The number of hydrogen-bond acceptors (Lipinski definition) is 2. The summed E-state index contributed by atoms with van der Waals surface area (Å²) >= 11 is 6.50. The molecule has 0 saturated carbocycles. The maximum atomic E-state index is 11.4. The van der Waals surface area contributed by atoms with Crippen molar-refractivity contribution in [3.8, 4) is 11.1 Å². The van der Waals surface area contributed by atoms with Crippen LogP contribution in [0.25, 0.3) is 11.1 Å². The largest absolute Gasteiger partial charge is 0.478 e. The molecule has 0 aliphatic carbocycles. The molecule has 0 radical (unpaired) electrons. The van der Waals surface area contributed by atoms with Gasteiger partial charge in [0.05, 0.1) is 11.1 Å². The summed E-state index contributed by atoms with van der Waals surface area (Å²) in [6.07, 6.45) is 0. The van der Waals surface area contributed by atoms with Crippen molar-refractivity contribution in [3.63, 3.8) is 0 Å². The van der Waals surface area contributed by atoms with Crippen LogP contribution in [0.2, 0.25) is 0 Å². The average Bonchev–Trinajstić information content (AvgIpc) is 2.46. The van der Waals surface area contributed by atoms with Crippen LogP contribution in [0, 0.1) is 0 Å². The zero-order chi connectivity index (χ0) is 15.6. The Labute approximate surface area is 137 Å². The number of carboxylic acid groups (broad SMARTS) is 2. The molecule has 0 aliphatic rings. The second-order valence-corrected chi connectivity index (χ2v) is 5.79. The predicted molar refractivity (Wildman–Crippen MR) is 86.1 cm³/mol. The Balaban J connectivity index is 2.72. The number of hydrogen-bond donors (Lipinski definition) is 2. The lowest BCUT2D eigenvalue weighted by Gasteiger charge is -2.11. The van der Waals surface area contributed by atoms with Gasteiger partial charge in [-0.05, 0) is 34.9 Å². The van der Waals surface area contributed by atoms with E-state index in [0.29, 0.717) is 20.9 Å². The predicted octanol–water partition coefficient (Wildman–Crippen LogP) is 4.41. The Morgan fingerprint density at radius 1 is 0.905 bits per heavy atom. The molecule has 0 heterocycles. The second-order valence-electron chi connectivity index (χ2n) is 4.31. The van der Waals surface area contributed by atoms with Gasteiger partial charge in [0.25, 0.3) is 0 Å². The van der Waals surface area contributed by atoms with Crippen LogP contribution in [-0.4, -0.2) is 22.2 Å². The first kappa shape index (κ1) is 15.7. The molecule has 0 amide bonds. The quantitative estimate of drug-likeness (QED) is 0.728. The van der Waals surface area contributed by atoms with E-state index in [9.17, 15) is 19.8 Å². The third kappa shape index (κ3) is 3.33. The minimum atomic E-state index is -1.10. The van der Waals surface area contributed by atoms with Crippen molar-refractivity contribution in [3.05, 3.63) is 57.6 Å². The third-order valence-electron chi connectivity index (χ3n) is 2.97. The Kier molecular flexibility index (Phi) is 4.80. The van der Waals surface area contributed by atoms with E-state index in [-0.39, 0.29) is 11.1 Å². The van der Waals surface area contributed by atoms with E-state index < -0.39 is 11.9 Å². The highest BCUT2D eigenvalue weighted by molar-refractivity contribution is 9.10. The highest BCUT2D eigenvalue weighted by atomic mass is 79.9. The van der Waals surface area contributed by atoms with E-state index in [1.54, 1.807) is 30.3 Å². The van der Waals surface area contributed by atoms with E-state index in [4.69, 9.17) is 0 Å². The zero-order valence-electron chi connectivity index (χ0n) is 10.6. The van der Waals surface area contributed by atoms with E-state index in [0.717, 1.165) is 5.56 Å². The highest BCUT2D eigenvalue weighted by Gasteiger charge is 2.18. The molecule has 2 N–H and O–H groups in total. The SMILES string of the molecule is O=C(O)c1cc(Br)ccc1-c1ccc(CBr)cc1C(=O)O. The zero-order valence-corrected chi connectivity index (χ0v) is 13.8. The lowest BCUT2D eigenvalue weighted by atomic mass is 9.94. The maximum Gasteiger partial charge on any atom is 0.336 e. The van der Waals surface area contributed by atoms with E-state index >= 15 is 0 Å². The fourth-order valence-electron chi connectivity index (χ4n) is 2.01. The lowest BCUT2D eigenvalue weighted by molar-refractivity contribution is 0.0684. The molecule has 6 heteroatoms. The summed E-state index contributed by atoms with van der Waals surface area (Å²) in [4.78, 5) is 22.8. The van der Waals surface area contributed by atoms with Gasteiger partial charge in [-0.3, -0.25) is 0 Å². The Morgan fingerprint density at radius 3 is 1.95 bits per heavy atom. The molecule has 2 aromatic carbocycles. The van der Waals surface area contributed by atoms with Crippen molar-refractivity contribution < 1.29 is 19.8 Å². The van der Waals surface area contributed by atoms with E-state index in [1.165, 1.54) is 6.07 Å². The number of halogens is 2. The maximum absolute atomic E-state index is 11.4. The van der Waals surface area contributed by atoms with Crippen LogP contribution in [0.1, 0.15) is 26.3 Å². The third-order valence-corrected chi connectivity index (χ3v) is 4.11. The second kappa shape index (κ2) is 6.41. The number of aromatic carboxylic acids is 2. The molecule has 0 saturated heterocycles. The smallest absolute Gasteiger partial charge is 0.336 e. The van der Waals surface area contributed by atoms with Crippen LogP contribution in [0.3, 0.4) is 0 Å². The molecule has 21 heavy (non-hydrogen) atoms. The number of carboxylic acids is 2. The molecule has 0 aromatic heterocycles. The monoisotopic (exact) mass is 412 g/mol. The molecule has 0 spiro atoms. The van der Waals surface area contributed by atoms with Gasteiger partial charge in [-0.25, -0.2) is 9.59 Å². The molecule has 2 rings (SSSR count). The molecule has 0 bridgehead atoms. The van der Waals surface area contributed by atoms with Crippen molar-refractivity contribution in [1.29, 1.82) is 0 Å². The average molecular weight is 414 g/mol. The van der Waals surface area contributed by atoms with Crippen LogP contribution in [0.15, 0.2) is 40.9 Å². The summed E-state index contributed by atoms with van der Waals surface area (Å²) in [5, 5.41) is 19.2. The first-order valence-electron chi connectivity index (χ1n) is 5.89. The molecule has 0 aliphatic heterocycles. The molecule has 0 fully saturated rings. The number of alkyl halides is 1. The fraction of sp³-hybridized carbons (Fsp3) is 0.0667. The van der Waals surface area contributed by atoms with Gasteiger partial charge in [0.15, 0.2) is 0 Å². The summed E-state index contributed by atoms with van der Waals surface area (Å²) in [7, 11) is 0. The summed E-state index contributed by atoms with van der Waals surface area (Å²) < 4.78 is 0.623. The van der Waals surface area contributed by atoms with Crippen molar-refractivity contribution >= 4 is 43.8 Å². The molecular weight excluding hydrogens is 404 g/mol. The topological polar surface area (TPSA) is 74.6 Å².